The van der Waals surface area contributed by atoms with Crippen LogP contribution in [0.15, 0.2) is 34.8 Å². The van der Waals surface area contributed by atoms with Crippen molar-refractivity contribution in [1.82, 2.24) is 0 Å². The molecule has 0 spiro atoms. The average Bonchev–Trinajstić information content (AvgIpc) is 2.24. The van der Waals surface area contributed by atoms with Crippen LogP contribution in [0.25, 0.3) is 0 Å². The van der Waals surface area contributed by atoms with Gasteiger partial charge in [0.05, 0.1) is 0 Å². The molecule has 0 aliphatic heterocycles. The molecule has 0 aliphatic carbocycles. The van der Waals surface area contributed by atoms with Crippen molar-refractivity contribution in [2.45, 2.75) is 13.8 Å². The van der Waals surface area contributed by atoms with Crippen LogP contribution in [0.3, 0.4) is 0 Å². The third kappa shape index (κ3) is 2.82. The van der Waals surface area contributed by atoms with E-state index < -0.39 is 5.82 Å². The van der Waals surface area contributed by atoms with Crippen LogP contribution in [0.5, 0.6) is 11.5 Å². The molecule has 0 aromatic heterocycles. The van der Waals surface area contributed by atoms with Gasteiger partial charge in [-0.2, -0.15) is 0 Å². The highest BCUT2D eigenvalue weighted by Crippen LogP contribution is 2.30. The second-order valence-electron chi connectivity index (χ2n) is 4.19. The van der Waals surface area contributed by atoms with Crippen LogP contribution >= 0.6 is 15.9 Å². The van der Waals surface area contributed by atoms with E-state index in [4.69, 9.17) is 10.5 Å². The fourth-order valence-electron chi connectivity index (χ4n) is 1.74. The molecule has 2 aromatic rings. The van der Waals surface area contributed by atoms with Crippen LogP contribution in [0.1, 0.15) is 11.1 Å². The third-order valence-electron chi connectivity index (χ3n) is 2.54. The Hall–Kier alpha value is -1.55. The molecular formula is C14H13BrFNO. The first kappa shape index (κ1) is 12.9. The second kappa shape index (κ2) is 4.98. The predicted octanol–water partition coefficient (Wildman–Crippen LogP) is 4.58. The van der Waals surface area contributed by atoms with Gasteiger partial charge in [-0.05, 0) is 43.2 Å². The summed E-state index contributed by atoms with van der Waals surface area (Å²) in [6.45, 7) is 3.95. The molecule has 0 unspecified atom stereocenters. The molecule has 2 nitrogen and oxygen atoms in total. The molecule has 0 radical (unpaired) electrons. The van der Waals surface area contributed by atoms with Crippen molar-refractivity contribution in [3.8, 4) is 11.5 Å². The van der Waals surface area contributed by atoms with Crippen molar-refractivity contribution in [2.24, 2.45) is 0 Å². The summed E-state index contributed by atoms with van der Waals surface area (Å²) in [5.41, 5.74) is 8.04. The van der Waals surface area contributed by atoms with E-state index in [-0.39, 0.29) is 0 Å². The van der Waals surface area contributed by atoms with E-state index >= 15 is 0 Å². The van der Waals surface area contributed by atoms with Crippen LogP contribution in [-0.2, 0) is 0 Å². The summed E-state index contributed by atoms with van der Waals surface area (Å²) in [4.78, 5) is 0. The van der Waals surface area contributed by atoms with E-state index in [1.54, 1.807) is 6.07 Å². The molecule has 0 heterocycles. The summed E-state index contributed by atoms with van der Waals surface area (Å²) in [6.07, 6.45) is 0. The number of nitrogen functional groups attached to an aromatic ring is 1. The smallest absolute Gasteiger partial charge is 0.132 e. The summed E-state index contributed by atoms with van der Waals surface area (Å²) in [5.74, 6) is 0.655. The van der Waals surface area contributed by atoms with Crippen LogP contribution in [0.4, 0.5) is 10.1 Å². The fourth-order valence-corrected chi connectivity index (χ4v) is 1.97. The van der Waals surface area contributed by atoms with Crippen molar-refractivity contribution in [3.63, 3.8) is 0 Å². The zero-order chi connectivity index (χ0) is 13.3. The van der Waals surface area contributed by atoms with Gasteiger partial charge in [0.25, 0.3) is 0 Å². The highest BCUT2D eigenvalue weighted by molar-refractivity contribution is 9.10. The lowest BCUT2D eigenvalue weighted by molar-refractivity contribution is 0.476. The van der Waals surface area contributed by atoms with Gasteiger partial charge < -0.3 is 10.5 Å². The molecule has 0 fully saturated rings. The number of anilines is 1. The Kier molecular flexibility index (Phi) is 3.57. The quantitative estimate of drug-likeness (QED) is 0.824. The topological polar surface area (TPSA) is 35.2 Å². The maximum Gasteiger partial charge on any atom is 0.132 e. The molecular weight excluding hydrogens is 297 g/mol. The first-order chi connectivity index (χ1) is 8.45. The molecule has 2 aromatic carbocycles. The highest BCUT2D eigenvalue weighted by atomic mass is 79.9. The molecule has 0 amide bonds. The van der Waals surface area contributed by atoms with Crippen LogP contribution in [-0.4, -0.2) is 0 Å². The summed E-state index contributed by atoms with van der Waals surface area (Å²) in [6, 6.07) is 7.93. The van der Waals surface area contributed by atoms with Crippen molar-refractivity contribution >= 4 is 21.6 Å². The Morgan fingerprint density at radius 3 is 2.11 bits per heavy atom. The number of halogens is 2. The highest BCUT2D eigenvalue weighted by Gasteiger charge is 2.05. The Balaban J connectivity index is 2.34. The molecule has 18 heavy (non-hydrogen) atoms. The zero-order valence-electron chi connectivity index (χ0n) is 10.1. The van der Waals surface area contributed by atoms with Gasteiger partial charge in [0.2, 0.25) is 0 Å². The second-order valence-corrected chi connectivity index (χ2v) is 4.99. The Labute approximate surface area is 114 Å². The molecule has 0 bridgehead atoms. The molecule has 0 saturated carbocycles. The maximum absolute atomic E-state index is 13.2. The number of aryl methyl sites for hydroxylation is 2. The number of nitrogens with two attached hydrogens (primary N) is 1. The lowest BCUT2D eigenvalue weighted by Crippen LogP contribution is -1.92. The van der Waals surface area contributed by atoms with Crippen LogP contribution in [0.2, 0.25) is 0 Å². The van der Waals surface area contributed by atoms with Gasteiger partial charge in [0.15, 0.2) is 0 Å². The van der Waals surface area contributed by atoms with Gasteiger partial charge >= 0.3 is 0 Å². The van der Waals surface area contributed by atoms with Gasteiger partial charge in [-0.15, -0.1) is 0 Å². The largest absolute Gasteiger partial charge is 0.457 e. The first-order valence-corrected chi connectivity index (χ1v) is 6.25. The standard InChI is InChI=1S/C14H13BrFNO/c1-8-3-12(4-9(2)14(8)15)18-13-6-10(16)5-11(17)7-13/h3-7H,17H2,1-2H3. The first-order valence-electron chi connectivity index (χ1n) is 5.46. The monoisotopic (exact) mass is 309 g/mol. The molecule has 2 rings (SSSR count). The van der Waals surface area contributed by atoms with Gasteiger partial charge in [0.1, 0.15) is 17.3 Å². The molecule has 4 heteroatoms. The van der Waals surface area contributed by atoms with Gasteiger partial charge in [-0.1, -0.05) is 15.9 Å². The average molecular weight is 310 g/mol. The van der Waals surface area contributed by atoms with Gasteiger partial charge in [0, 0.05) is 22.3 Å². The number of benzene rings is 2. The van der Waals surface area contributed by atoms with Crippen LogP contribution < -0.4 is 10.5 Å². The molecule has 2 N–H and O–H groups in total. The lowest BCUT2D eigenvalue weighted by Gasteiger charge is -2.10. The minimum absolute atomic E-state index is 0.343. The van der Waals surface area contributed by atoms with E-state index in [1.807, 2.05) is 26.0 Å². The van der Waals surface area contributed by atoms with Gasteiger partial charge in [-0.3, -0.25) is 0 Å². The van der Waals surface area contributed by atoms with E-state index in [1.165, 1.54) is 12.1 Å². The summed E-state index contributed by atoms with van der Waals surface area (Å²) in [5, 5.41) is 0. The summed E-state index contributed by atoms with van der Waals surface area (Å²) in [7, 11) is 0. The molecule has 0 aliphatic rings. The number of ether oxygens (including phenoxy) is 1. The summed E-state index contributed by atoms with van der Waals surface area (Å²) < 4.78 is 19.9. The van der Waals surface area contributed by atoms with Crippen molar-refractivity contribution in [1.29, 1.82) is 0 Å². The van der Waals surface area contributed by atoms with E-state index in [0.717, 1.165) is 15.6 Å². The predicted molar refractivity (Wildman–Crippen MR) is 74.5 cm³/mol. The Bertz CT molecular complexity index is 555. The zero-order valence-corrected chi connectivity index (χ0v) is 11.7. The van der Waals surface area contributed by atoms with E-state index in [0.29, 0.717) is 17.2 Å². The van der Waals surface area contributed by atoms with E-state index in [2.05, 4.69) is 15.9 Å². The van der Waals surface area contributed by atoms with Crippen molar-refractivity contribution in [2.75, 3.05) is 5.73 Å². The van der Waals surface area contributed by atoms with Gasteiger partial charge in [-0.25, -0.2) is 4.39 Å². The Morgan fingerprint density at radius 2 is 1.56 bits per heavy atom. The van der Waals surface area contributed by atoms with Crippen molar-refractivity contribution < 1.29 is 9.13 Å². The molecule has 94 valence electrons. The minimum Gasteiger partial charge on any atom is -0.457 e. The molecule has 0 saturated heterocycles. The normalized spacial score (nSPS) is 10.4. The maximum atomic E-state index is 13.2. The number of hydrogen-bond acceptors (Lipinski definition) is 2. The minimum atomic E-state index is -0.407. The SMILES string of the molecule is Cc1cc(Oc2cc(N)cc(F)c2)cc(C)c1Br. The third-order valence-corrected chi connectivity index (χ3v) is 3.79. The Morgan fingerprint density at radius 1 is 1.00 bits per heavy atom. The number of rotatable bonds is 2. The van der Waals surface area contributed by atoms with E-state index in [9.17, 15) is 4.39 Å². The molecule has 0 atom stereocenters. The number of hydrogen-bond donors (Lipinski definition) is 1. The summed E-state index contributed by atoms with van der Waals surface area (Å²) >= 11 is 3.49. The van der Waals surface area contributed by atoms with Crippen LogP contribution in [0, 0.1) is 19.7 Å². The fraction of sp³-hybridized carbons (Fsp3) is 0.143. The lowest BCUT2D eigenvalue weighted by atomic mass is 10.1. The van der Waals surface area contributed by atoms with Crippen molar-refractivity contribution in [3.05, 3.63) is 51.7 Å².